The third kappa shape index (κ3) is 15.8. The summed E-state index contributed by atoms with van der Waals surface area (Å²) in [6.07, 6.45) is 17.2. The summed E-state index contributed by atoms with van der Waals surface area (Å²) in [6.45, 7) is 12.6. The number of carbonyl (C=O) groups is 2. The summed E-state index contributed by atoms with van der Waals surface area (Å²) in [5.41, 5.74) is 0.994. The standard InChI is InChI=1S/C25H41NO3.C7H5NO5.C2H6/c1-5-6-7-24(28)26-22-13-11-20(12-14-22)10-8-19(2)9-15-23-16-21(18-27)17-25(3,4)29-23;9-7(10)13-6-3-1-5(2-4-6)8(11)12;1-2/h6-9,15,20-23,27H,5,10-14,16-18H2,1-4H3,(H,26,28);1-4H,(H,9,10);1-2H3/b7-6-,15-9+,19-8+;;. The Hall–Kier alpha value is -3.50. The fraction of sp³-hybridized carbons (Fsp3) is 0.588. The zero-order valence-electron chi connectivity index (χ0n) is 27.2. The normalized spacial score (nSPS) is 23.1. The number of nitro groups is 1. The second-order valence-corrected chi connectivity index (χ2v) is 11.6. The molecule has 44 heavy (non-hydrogen) atoms. The van der Waals surface area contributed by atoms with Crippen molar-refractivity contribution < 1.29 is 34.2 Å². The quantitative estimate of drug-likeness (QED) is 0.0603. The van der Waals surface area contributed by atoms with Crippen LogP contribution in [0.4, 0.5) is 10.5 Å². The number of ether oxygens (including phenoxy) is 2. The Balaban J connectivity index is 0.000000537. The van der Waals surface area contributed by atoms with E-state index in [1.54, 1.807) is 6.08 Å². The lowest BCUT2D eigenvalue weighted by Crippen LogP contribution is -2.39. The highest BCUT2D eigenvalue weighted by Gasteiger charge is 2.33. The number of allylic oxidation sites excluding steroid dienone is 4. The number of non-ortho nitro benzene ring substituents is 1. The van der Waals surface area contributed by atoms with Gasteiger partial charge in [-0.3, -0.25) is 14.9 Å². The number of nitro benzene ring substituents is 1. The van der Waals surface area contributed by atoms with Crippen molar-refractivity contribution in [3.63, 3.8) is 0 Å². The van der Waals surface area contributed by atoms with Gasteiger partial charge in [0, 0.05) is 24.8 Å². The van der Waals surface area contributed by atoms with Gasteiger partial charge >= 0.3 is 6.16 Å². The van der Waals surface area contributed by atoms with Gasteiger partial charge in [0.25, 0.3) is 5.69 Å². The first-order valence-electron chi connectivity index (χ1n) is 15.7. The fourth-order valence-corrected chi connectivity index (χ4v) is 5.30. The van der Waals surface area contributed by atoms with Gasteiger partial charge in [-0.2, -0.15) is 0 Å². The molecule has 1 saturated heterocycles. The number of aliphatic hydroxyl groups excluding tert-OH is 1. The molecule has 2 aliphatic rings. The number of hydrogen-bond acceptors (Lipinski definition) is 7. The van der Waals surface area contributed by atoms with Gasteiger partial charge in [0.05, 0.1) is 16.6 Å². The van der Waals surface area contributed by atoms with Crippen molar-refractivity contribution in [2.75, 3.05) is 6.61 Å². The molecule has 1 amide bonds. The average molecular weight is 617 g/mol. The first-order valence-corrected chi connectivity index (χ1v) is 15.7. The SMILES string of the molecule is CC.CC/C=C\C(=O)NC1CCC(C/C=C(C)/C=C/C2CC(CO)CC(C)(C)O2)CC1.O=C(O)Oc1ccc([N+](=O)[O-])cc1. The van der Waals surface area contributed by atoms with Crippen LogP contribution in [0.25, 0.3) is 0 Å². The molecule has 1 saturated carbocycles. The molecule has 2 atom stereocenters. The molecule has 1 aromatic rings. The molecule has 10 nitrogen and oxygen atoms in total. The molecule has 1 aliphatic heterocycles. The van der Waals surface area contributed by atoms with E-state index in [0.29, 0.717) is 17.9 Å². The number of hydrogen-bond donors (Lipinski definition) is 3. The Morgan fingerprint density at radius 2 is 1.75 bits per heavy atom. The van der Waals surface area contributed by atoms with Gasteiger partial charge in [0.2, 0.25) is 5.91 Å². The Morgan fingerprint density at radius 1 is 1.11 bits per heavy atom. The van der Waals surface area contributed by atoms with Crippen molar-refractivity contribution >= 4 is 17.7 Å². The molecule has 0 aromatic heterocycles. The van der Waals surface area contributed by atoms with Gasteiger partial charge in [-0.15, -0.1) is 0 Å². The average Bonchev–Trinajstić information content (AvgIpc) is 2.99. The maximum absolute atomic E-state index is 11.8. The lowest BCUT2D eigenvalue weighted by atomic mass is 9.83. The molecular weight excluding hydrogens is 564 g/mol. The highest BCUT2D eigenvalue weighted by molar-refractivity contribution is 5.87. The van der Waals surface area contributed by atoms with Gasteiger partial charge in [-0.25, -0.2) is 4.79 Å². The molecule has 0 radical (unpaired) electrons. The lowest BCUT2D eigenvalue weighted by Gasteiger charge is -2.39. The van der Waals surface area contributed by atoms with E-state index in [2.05, 4.69) is 49.1 Å². The van der Waals surface area contributed by atoms with Crippen LogP contribution in [0.3, 0.4) is 0 Å². The third-order valence-electron chi connectivity index (χ3n) is 7.37. The van der Waals surface area contributed by atoms with Gasteiger partial charge in [-0.05, 0) is 102 Å². The van der Waals surface area contributed by atoms with Gasteiger partial charge in [-0.1, -0.05) is 50.6 Å². The van der Waals surface area contributed by atoms with Crippen molar-refractivity contribution in [1.82, 2.24) is 5.32 Å². The molecule has 3 N–H and O–H groups in total. The summed E-state index contributed by atoms with van der Waals surface area (Å²) in [7, 11) is 0. The summed E-state index contributed by atoms with van der Waals surface area (Å²) in [5.74, 6) is 1.14. The molecule has 1 aromatic carbocycles. The summed E-state index contributed by atoms with van der Waals surface area (Å²) in [5, 5.41) is 31.0. The van der Waals surface area contributed by atoms with E-state index in [0.717, 1.165) is 50.7 Å². The minimum absolute atomic E-state index is 0.0488. The number of nitrogens with one attached hydrogen (secondary N) is 1. The predicted octanol–water partition coefficient (Wildman–Crippen LogP) is 7.76. The van der Waals surface area contributed by atoms with E-state index >= 15 is 0 Å². The molecule has 1 heterocycles. The summed E-state index contributed by atoms with van der Waals surface area (Å²) >= 11 is 0. The molecule has 10 heteroatoms. The smallest absolute Gasteiger partial charge is 0.449 e. The second-order valence-electron chi connectivity index (χ2n) is 11.6. The van der Waals surface area contributed by atoms with E-state index < -0.39 is 11.1 Å². The van der Waals surface area contributed by atoms with Crippen LogP contribution in [-0.4, -0.2) is 51.6 Å². The van der Waals surface area contributed by atoms with Crippen molar-refractivity contribution in [3.8, 4) is 5.75 Å². The maximum atomic E-state index is 11.8. The first-order chi connectivity index (χ1) is 20.9. The highest BCUT2D eigenvalue weighted by atomic mass is 16.7. The van der Waals surface area contributed by atoms with Gasteiger partial charge < -0.3 is 25.0 Å². The van der Waals surface area contributed by atoms with Crippen LogP contribution >= 0.6 is 0 Å². The van der Waals surface area contributed by atoms with E-state index in [4.69, 9.17) is 9.84 Å². The minimum Gasteiger partial charge on any atom is -0.449 e. The van der Waals surface area contributed by atoms with Crippen LogP contribution in [0.5, 0.6) is 5.75 Å². The van der Waals surface area contributed by atoms with Crippen molar-refractivity contribution in [1.29, 1.82) is 0 Å². The topological polar surface area (TPSA) is 148 Å². The molecular formula is C34H52N2O8. The largest absolute Gasteiger partial charge is 0.511 e. The van der Waals surface area contributed by atoms with Crippen LogP contribution in [0.2, 0.25) is 0 Å². The van der Waals surface area contributed by atoms with Crippen LogP contribution in [0.15, 0.2) is 60.2 Å². The number of benzene rings is 1. The first kappa shape index (κ1) is 38.5. The third-order valence-corrected chi connectivity index (χ3v) is 7.37. The number of carboxylic acid groups (broad SMARTS) is 1. The summed E-state index contributed by atoms with van der Waals surface area (Å²) in [4.78, 5) is 31.4. The summed E-state index contributed by atoms with van der Waals surface area (Å²) < 4.78 is 10.4. The van der Waals surface area contributed by atoms with Crippen LogP contribution in [0, 0.1) is 22.0 Å². The van der Waals surface area contributed by atoms with Crippen LogP contribution in [0.1, 0.15) is 92.9 Å². The second kappa shape index (κ2) is 20.5. The minimum atomic E-state index is -1.45. The lowest BCUT2D eigenvalue weighted by molar-refractivity contribution is -0.384. The van der Waals surface area contributed by atoms with Crippen molar-refractivity contribution in [2.24, 2.45) is 11.8 Å². The zero-order chi connectivity index (χ0) is 33.1. The molecule has 1 aliphatic carbocycles. The molecule has 2 unspecified atom stereocenters. The maximum Gasteiger partial charge on any atom is 0.511 e. The predicted molar refractivity (Wildman–Crippen MR) is 173 cm³/mol. The number of amides is 1. The monoisotopic (exact) mass is 616 g/mol. The van der Waals surface area contributed by atoms with E-state index in [1.807, 2.05) is 26.8 Å². The van der Waals surface area contributed by atoms with E-state index in [-0.39, 0.29) is 35.7 Å². The zero-order valence-corrected chi connectivity index (χ0v) is 27.2. The van der Waals surface area contributed by atoms with E-state index in [9.17, 15) is 24.8 Å². The van der Waals surface area contributed by atoms with Gasteiger partial charge in [0.1, 0.15) is 5.75 Å². The Bertz CT molecular complexity index is 1100. The Labute approximate surface area is 262 Å². The van der Waals surface area contributed by atoms with Crippen molar-refractivity contribution in [2.45, 2.75) is 111 Å². The number of rotatable bonds is 10. The molecule has 3 rings (SSSR count). The molecule has 246 valence electrons. The number of nitrogens with zero attached hydrogens (tertiary/aromatic N) is 1. The number of carbonyl (C=O) groups excluding carboxylic acids is 1. The van der Waals surface area contributed by atoms with Crippen LogP contribution < -0.4 is 10.1 Å². The van der Waals surface area contributed by atoms with E-state index in [1.165, 1.54) is 30.5 Å². The van der Waals surface area contributed by atoms with Gasteiger partial charge in [0.15, 0.2) is 0 Å². The summed E-state index contributed by atoms with van der Waals surface area (Å²) in [6, 6.07) is 5.09. The highest BCUT2D eigenvalue weighted by Crippen LogP contribution is 2.33. The fourth-order valence-electron chi connectivity index (χ4n) is 5.30. The van der Waals surface area contributed by atoms with Crippen LogP contribution in [-0.2, 0) is 9.53 Å². The molecule has 2 fully saturated rings. The molecule has 0 bridgehead atoms. The van der Waals surface area contributed by atoms with Crippen molar-refractivity contribution in [3.05, 3.63) is 70.3 Å². The molecule has 0 spiro atoms. The number of aliphatic hydroxyl groups is 1. The Kier molecular flexibility index (Phi) is 17.9. The Morgan fingerprint density at radius 3 is 2.30 bits per heavy atom.